The van der Waals surface area contributed by atoms with E-state index in [1.165, 1.54) is 0 Å². The Balaban J connectivity index is 2.19. The van der Waals surface area contributed by atoms with Crippen molar-refractivity contribution >= 4 is 27.3 Å². The van der Waals surface area contributed by atoms with E-state index in [-0.39, 0.29) is 0 Å². The molecule has 0 aliphatic heterocycles. The molecule has 1 aromatic heterocycles. The van der Waals surface area contributed by atoms with E-state index in [9.17, 15) is 0 Å². The summed E-state index contributed by atoms with van der Waals surface area (Å²) in [6.45, 7) is 5.32. The van der Waals surface area contributed by atoms with Crippen molar-refractivity contribution in [3.05, 3.63) is 27.6 Å². The van der Waals surface area contributed by atoms with Crippen LogP contribution in [0.2, 0.25) is 0 Å². The zero-order chi connectivity index (χ0) is 8.10. The highest BCUT2D eigenvalue weighted by Gasteiger charge is 1.93. The molecule has 0 atom stereocenters. The van der Waals surface area contributed by atoms with Crippen molar-refractivity contribution in [3.63, 3.8) is 0 Å². The van der Waals surface area contributed by atoms with Gasteiger partial charge in [0.25, 0.3) is 0 Å². The molecular weight excluding hydrogens is 224 g/mol. The van der Waals surface area contributed by atoms with Crippen molar-refractivity contribution < 1.29 is 0 Å². The van der Waals surface area contributed by atoms with Crippen LogP contribution in [-0.4, -0.2) is 11.5 Å². The quantitative estimate of drug-likeness (QED) is 0.861. The van der Waals surface area contributed by atoms with E-state index in [1.54, 1.807) is 11.3 Å². The van der Waals surface area contributed by atoms with Gasteiger partial charge in [0.2, 0.25) is 0 Å². The number of hydrogen-bond acceptors (Lipinski definition) is 3. The number of nitrogens with zero attached hydrogens (tertiary/aromatic N) is 1. The highest BCUT2D eigenvalue weighted by Crippen LogP contribution is 2.03. The van der Waals surface area contributed by atoms with Crippen LogP contribution in [0, 0.1) is 0 Å². The van der Waals surface area contributed by atoms with E-state index in [1.807, 2.05) is 11.6 Å². The largest absolute Gasteiger partial charge is 0.306 e. The molecule has 1 aromatic rings. The number of hydrogen-bond donors (Lipinski definition) is 1. The van der Waals surface area contributed by atoms with E-state index in [0.717, 1.165) is 22.6 Å². The highest BCUT2D eigenvalue weighted by molar-refractivity contribution is 9.11. The summed E-state index contributed by atoms with van der Waals surface area (Å²) in [5, 5.41) is 6.27. The molecule has 0 radical (unpaired) electrons. The van der Waals surface area contributed by atoms with Crippen LogP contribution < -0.4 is 5.32 Å². The van der Waals surface area contributed by atoms with Gasteiger partial charge in [-0.2, -0.15) is 0 Å². The first-order chi connectivity index (χ1) is 5.29. The zero-order valence-corrected chi connectivity index (χ0v) is 8.41. The number of thiazole rings is 1. The molecule has 0 saturated carbocycles. The Kier molecular flexibility index (Phi) is 3.76. The van der Waals surface area contributed by atoms with Crippen LogP contribution in [0.5, 0.6) is 0 Å². The first kappa shape index (κ1) is 8.90. The Morgan fingerprint density at radius 2 is 2.64 bits per heavy atom. The Hall–Kier alpha value is -0.190. The Morgan fingerprint density at radius 1 is 1.82 bits per heavy atom. The fraction of sp³-hybridized carbons (Fsp3) is 0.286. The normalized spacial score (nSPS) is 9.91. The molecule has 4 heteroatoms. The maximum atomic E-state index is 4.12. The minimum Gasteiger partial charge on any atom is -0.306 e. The van der Waals surface area contributed by atoms with E-state index in [4.69, 9.17) is 0 Å². The minimum absolute atomic E-state index is 0.791. The Morgan fingerprint density at radius 3 is 3.18 bits per heavy atom. The first-order valence-corrected chi connectivity index (χ1v) is 4.88. The summed E-state index contributed by atoms with van der Waals surface area (Å²) < 4.78 is 0.967. The summed E-state index contributed by atoms with van der Waals surface area (Å²) >= 11 is 4.92. The first-order valence-electron chi connectivity index (χ1n) is 3.21. The maximum absolute atomic E-state index is 4.12. The molecule has 1 rings (SSSR count). The van der Waals surface area contributed by atoms with Gasteiger partial charge in [-0.1, -0.05) is 22.5 Å². The van der Waals surface area contributed by atoms with Gasteiger partial charge in [-0.15, -0.1) is 11.3 Å². The van der Waals surface area contributed by atoms with Gasteiger partial charge in [-0.3, -0.25) is 0 Å². The summed E-state index contributed by atoms with van der Waals surface area (Å²) in [5.41, 5.74) is 0. The summed E-state index contributed by atoms with van der Waals surface area (Å²) in [6, 6.07) is 0. The molecule has 0 spiro atoms. The van der Waals surface area contributed by atoms with Crippen molar-refractivity contribution in [1.29, 1.82) is 0 Å². The van der Waals surface area contributed by atoms with Crippen molar-refractivity contribution in [2.24, 2.45) is 0 Å². The fourth-order valence-corrected chi connectivity index (χ4v) is 1.43. The van der Waals surface area contributed by atoms with Gasteiger partial charge in [-0.25, -0.2) is 4.98 Å². The number of rotatable bonds is 4. The van der Waals surface area contributed by atoms with Crippen LogP contribution in [0.4, 0.5) is 0 Å². The molecule has 0 fully saturated rings. The zero-order valence-electron chi connectivity index (χ0n) is 6.01. The van der Waals surface area contributed by atoms with Crippen molar-refractivity contribution in [3.8, 4) is 0 Å². The fourth-order valence-electron chi connectivity index (χ4n) is 0.645. The average molecular weight is 233 g/mol. The Labute approximate surface area is 78.5 Å². The van der Waals surface area contributed by atoms with Gasteiger partial charge in [-0.05, 0) is 0 Å². The highest BCUT2D eigenvalue weighted by atomic mass is 79.9. The third kappa shape index (κ3) is 3.65. The lowest BCUT2D eigenvalue weighted by atomic mass is 10.6. The summed E-state index contributed by atoms with van der Waals surface area (Å²) in [4.78, 5) is 4.12. The summed E-state index contributed by atoms with van der Waals surface area (Å²) in [7, 11) is 0. The Bertz CT molecular complexity index is 220. The molecule has 0 aromatic carbocycles. The monoisotopic (exact) mass is 232 g/mol. The van der Waals surface area contributed by atoms with Crippen LogP contribution in [0.25, 0.3) is 0 Å². The number of nitrogens with one attached hydrogen (secondary N) is 1. The van der Waals surface area contributed by atoms with Crippen LogP contribution >= 0.6 is 27.3 Å². The van der Waals surface area contributed by atoms with Gasteiger partial charge >= 0.3 is 0 Å². The standard InChI is InChI=1S/C7H9BrN2S/c1-6(8)4-9-5-7-10-2-3-11-7/h2-3,9H,1,4-5H2. The van der Waals surface area contributed by atoms with Gasteiger partial charge in [0.1, 0.15) is 5.01 Å². The summed E-state index contributed by atoms with van der Waals surface area (Å²) in [6.07, 6.45) is 1.81. The van der Waals surface area contributed by atoms with Gasteiger partial charge < -0.3 is 5.32 Å². The third-order valence-electron chi connectivity index (χ3n) is 1.08. The van der Waals surface area contributed by atoms with E-state index >= 15 is 0 Å². The molecule has 0 aliphatic carbocycles. The van der Waals surface area contributed by atoms with Crippen LogP contribution in [0.3, 0.4) is 0 Å². The van der Waals surface area contributed by atoms with Crippen molar-refractivity contribution in [2.75, 3.05) is 6.54 Å². The van der Waals surface area contributed by atoms with E-state index in [2.05, 4.69) is 32.8 Å². The van der Waals surface area contributed by atoms with Gasteiger partial charge in [0.05, 0.1) is 0 Å². The second kappa shape index (κ2) is 4.64. The SMILES string of the molecule is C=C(Br)CNCc1nccs1. The molecule has 1 heterocycles. The second-order valence-electron chi connectivity index (χ2n) is 2.05. The predicted octanol–water partition coefficient (Wildman–Crippen LogP) is 2.14. The molecule has 0 unspecified atom stereocenters. The lowest BCUT2D eigenvalue weighted by molar-refractivity contribution is 0.752. The molecule has 0 saturated heterocycles. The van der Waals surface area contributed by atoms with Crippen molar-refractivity contribution in [2.45, 2.75) is 6.54 Å². The number of halogens is 1. The topological polar surface area (TPSA) is 24.9 Å². The van der Waals surface area contributed by atoms with Crippen molar-refractivity contribution in [1.82, 2.24) is 10.3 Å². The van der Waals surface area contributed by atoms with E-state index in [0.29, 0.717) is 0 Å². The number of aromatic nitrogens is 1. The third-order valence-corrected chi connectivity index (χ3v) is 2.14. The van der Waals surface area contributed by atoms with Crippen LogP contribution in [0.15, 0.2) is 22.6 Å². The molecule has 0 bridgehead atoms. The average Bonchev–Trinajstić information content (AvgIpc) is 2.39. The predicted molar refractivity (Wildman–Crippen MR) is 51.9 cm³/mol. The second-order valence-corrected chi connectivity index (χ2v) is 4.15. The molecule has 0 aliphatic rings. The molecule has 1 N–H and O–H groups in total. The smallest absolute Gasteiger partial charge is 0.106 e. The lowest BCUT2D eigenvalue weighted by Gasteiger charge is -1.98. The molecule has 60 valence electrons. The van der Waals surface area contributed by atoms with Gasteiger partial charge in [0, 0.05) is 29.1 Å². The maximum Gasteiger partial charge on any atom is 0.106 e. The van der Waals surface area contributed by atoms with Crippen LogP contribution in [0.1, 0.15) is 5.01 Å². The summed E-state index contributed by atoms with van der Waals surface area (Å²) in [5.74, 6) is 0. The molecule has 0 amide bonds. The van der Waals surface area contributed by atoms with Gasteiger partial charge in [0.15, 0.2) is 0 Å². The minimum atomic E-state index is 0.791. The molecule has 2 nitrogen and oxygen atoms in total. The van der Waals surface area contributed by atoms with Crippen LogP contribution in [-0.2, 0) is 6.54 Å². The molecular formula is C7H9BrN2S. The van der Waals surface area contributed by atoms with E-state index < -0.39 is 0 Å². The molecule has 11 heavy (non-hydrogen) atoms. The lowest BCUT2D eigenvalue weighted by Crippen LogP contribution is -2.13.